The van der Waals surface area contributed by atoms with Crippen LogP contribution in [-0.2, 0) is 23.5 Å². The van der Waals surface area contributed by atoms with Crippen molar-refractivity contribution in [3.8, 4) is 16.8 Å². The molecular weight excluding hydrogens is 535 g/mol. The van der Waals surface area contributed by atoms with Gasteiger partial charge >= 0.3 is 0 Å². The van der Waals surface area contributed by atoms with Crippen molar-refractivity contribution in [1.82, 2.24) is 29.8 Å². The number of para-hydroxylation sites is 1. The van der Waals surface area contributed by atoms with E-state index in [2.05, 4.69) is 20.4 Å². The zero-order chi connectivity index (χ0) is 28.4. The van der Waals surface area contributed by atoms with Gasteiger partial charge in [0.1, 0.15) is 53.0 Å². The van der Waals surface area contributed by atoms with Gasteiger partial charge in [-0.3, -0.25) is 0 Å². The number of ether oxygens (including phenoxy) is 1. The molecule has 5 rings (SSSR count). The van der Waals surface area contributed by atoms with Gasteiger partial charge in [0.15, 0.2) is 0 Å². The lowest BCUT2D eigenvalue weighted by molar-refractivity contribution is -0.124. The molecule has 0 aliphatic carbocycles. The van der Waals surface area contributed by atoms with Crippen LogP contribution in [0.25, 0.3) is 16.8 Å². The predicted octanol–water partition coefficient (Wildman–Crippen LogP) is 4.71. The fourth-order valence-electron chi connectivity index (χ4n) is 4.35. The minimum Gasteiger partial charge on any atom is -0.380 e. The minimum atomic E-state index is -1.99. The van der Waals surface area contributed by atoms with Crippen molar-refractivity contribution in [3.05, 3.63) is 114 Å². The highest BCUT2D eigenvalue weighted by atomic mass is 19.2. The molecule has 2 heterocycles. The SMILES string of the molecule is C[C@@H](OCc1cn(-c2ccccc2-c2c(F)cc(F)cc2F)nn1)[C@](O)(Cn1cncn1)c1ccc(F)cc1F. The van der Waals surface area contributed by atoms with Crippen molar-refractivity contribution in [2.24, 2.45) is 0 Å². The number of halogens is 5. The van der Waals surface area contributed by atoms with Crippen LogP contribution in [0.3, 0.4) is 0 Å². The van der Waals surface area contributed by atoms with Gasteiger partial charge < -0.3 is 9.84 Å². The molecular formula is C27H21F5N6O2. The summed E-state index contributed by atoms with van der Waals surface area (Å²) in [6, 6.07) is 10.2. The van der Waals surface area contributed by atoms with E-state index in [1.165, 1.54) is 41.2 Å². The van der Waals surface area contributed by atoms with Gasteiger partial charge in [-0.1, -0.05) is 29.5 Å². The average Bonchev–Trinajstić information content (AvgIpc) is 3.59. The van der Waals surface area contributed by atoms with Crippen LogP contribution in [0.4, 0.5) is 22.0 Å². The van der Waals surface area contributed by atoms with Gasteiger partial charge in [0, 0.05) is 29.3 Å². The van der Waals surface area contributed by atoms with E-state index in [4.69, 9.17) is 4.74 Å². The van der Waals surface area contributed by atoms with Crippen LogP contribution < -0.4 is 0 Å². The molecule has 0 fully saturated rings. The summed E-state index contributed by atoms with van der Waals surface area (Å²) in [5, 5.41) is 23.6. The van der Waals surface area contributed by atoms with Crippen molar-refractivity contribution >= 4 is 0 Å². The largest absolute Gasteiger partial charge is 0.380 e. The Morgan fingerprint density at radius 2 is 1.68 bits per heavy atom. The lowest BCUT2D eigenvalue weighted by atomic mass is 9.88. The van der Waals surface area contributed by atoms with Crippen molar-refractivity contribution in [2.45, 2.75) is 31.8 Å². The number of hydrogen-bond donors (Lipinski definition) is 1. The van der Waals surface area contributed by atoms with Crippen LogP contribution in [-0.4, -0.2) is 41.0 Å². The van der Waals surface area contributed by atoms with Crippen molar-refractivity contribution in [2.75, 3.05) is 0 Å². The van der Waals surface area contributed by atoms with E-state index in [0.717, 1.165) is 12.1 Å². The first-order chi connectivity index (χ1) is 19.2. The van der Waals surface area contributed by atoms with Crippen LogP contribution >= 0.6 is 0 Å². The highest BCUT2D eigenvalue weighted by Gasteiger charge is 2.40. The van der Waals surface area contributed by atoms with E-state index in [1.54, 1.807) is 18.2 Å². The molecule has 0 aliphatic rings. The first-order valence-electron chi connectivity index (χ1n) is 11.9. The number of hydrogen-bond acceptors (Lipinski definition) is 6. The molecule has 206 valence electrons. The molecule has 13 heteroatoms. The third-order valence-electron chi connectivity index (χ3n) is 6.39. The van der Waals surface area contributed by atoms with Gasteiger partial charge in [0.05, 0.1) is 36.7 Å². The summed E-state index contributed by atoms with van der Waals surface area (Å²) in [5.41, 5.74) is -2.00. The molecule has 0 saturated heterocycles. The quantitative estimate of drug-likeness (QED) is 0.265. The average molecular weight is 556 g/mol. The Bertz CT molecular complexity index is 1620. The maximum absolute atomic E-state index is 14.7. The summed E-state index contributed by atoms with van der Waals surface area (Å²) in [6.07, 6.45) is 2.94. The van der Waals surface area contributed by atoms with Crippen molar-refractivity contribution in [1.29, 1.82) is 0 Å². The zero-order valence-corrected chi connectivity index (χ0v) is 20.8. The monoisotopic (exact) mass is 556 g/mol. The standard InChI is InChI=1S/C27H21F5N6O2/c1-16(27(39,13-37-15-33-14-34-37)21-7-6-17(28)8-22(21)30)40-12-19-11-38(36-35-19)25-5-3-2-4-20(25)26-23(31)9-18(29)10-24(26)32/h2-11,14-16,39H,12-13H2,1H3/t16-,27-/m1/s1. The fourth-order valence-corrected chi connectivity index (χ4v) is 4.35. The molecule has 0 radical (unpaired) electrons. The third-order valence-corrected chi connectivity index (χ3v) is 6.39. The van der Waals surface area contributed by atoms with Crippen LogP contribution in [0.15, 0.2) is 73.4 Å². The summed E-state index contributed by atoms with van der Waals surface area (Å²) in [5.74, 6) is -4.99. The third kappa shape index (κ3) is 5.33. The molecule has 2 atom stereocenters. The topological polar surface area (TPSA) is 90.9 Å². The normalized spacial score (nSPS) is 13.8. The number of aromatic nitrogens is 6. The summed E-state index contributed by atoms with van der Waals surface area (Å²) in [6.45, 7) is 1.04. The van der Waals surface area contributed by atoms with E-state index in [9.17, 15) is 27.1 Å². The Morgan fingerprint density at radius 1 is 0.950 bits per heavy atom. The van der Waals surface area contributed by atoms with E-state index in [-0.39, 0.29) is 35.7 Å². The lowest BCUT2D eigenvalue weighted by Gasteiger charge is -2.34. The highest BCUT2D eigenvalue weighted by molar-refractivity contribution is 5.73. The lowest BCUT2D eigenvalue weighted by Crippen LogP contribution is -2.44. The minimum absolute atomic E-state index is 0.109. The second-order valence-corrected chi connectivity index (χ2v) is 9.01. The Balaban J connectivity index is 1.40. The van der Waals surface area contributed by atoms with Crippen LogP contribution in [0.2, 0.25) is 0 Å². The van der Waals surface area contributed by atoms with Gasteiger partial charge in [-0.05, 0) is 19.1 Å². The highest BCUT2D eigenvalue weighted by Crippen LogP contribution is 2.33. The number of benzene rings is 3. The van der Waals surface area contributed by atoms with E-state index in [0.29, 0.717) is 18.2 Å². The molecule has 2 aromatic heterocycles. The molecule has 3 aromatic carbocycles. The van der Waals surface area contributed by atoms with Crippen LogP contribution in [0.5, 0.6) is 0 Å². The number of rotatable bonds is 9. The second-order valence-electron chi connectivity index (χ2n) is 9.01. The molecule has 0 bridgehead atoms. The zero-order valence-electron chi connectivity index (χ0n) is 20.8. The molecule has 0 amide bonds. The smallest absolute Gasteiger partial charge is 0.138 e. The summed E-state index contributed by atoms with van der Waals surface area (Å²) < 4.78 is 79.2. The summed E-state index contributed by atoms with van der Waals surface area (Å²) in [4.78, 5) is 3.82. The van der Waals surface area contributed by atoms with E-state index in [1.807, 2.05) is 0 Å². The number of nitrogens with zero attached hydrogens (tertiary/aromatic N) is 6. The van der Waals surface area contributed by atoms with Crippen molar-refractivity contribution < 1.29 is 31.8 Å². The molecule has 8 nitrogen and oxygen atoms in total. The molecule has 0 saturated carbocycles. The van der Waals surface area contributed by atoms with Gasteiger partial charge in [0.2, 0.25) is 0 Å². The van der Waals surface area contributed by atoms with Gasteiger partial charge in [-0.15, -0.1) is 5.10 Å². The maximum atomic E-state index is 14.7. The van der Waals surface area contributed by atoms with Crippen molar-refractivity contribution in [3.63, 3.8) is 0 Å². The van der Waals surface area contributed by atoms with Gasteiger partial charge in [-0.2, -0.15) is 5.10 Å². The Labute approximate surface area is 224 Å². The molecule has 0 spiro atoms. The van der Waals surface area contributed by atoms with Crippen LogP contribution in [0, 0.1) is 29.1 Å². The summed E-state index contributed by atoms with van der Waals surface area (Å²) in [7, 11) is 0. The molecule has 5 aromatic rings. The maximum Gasteiger partial charge on any atom is 0.138 e. The van der Waals surface area contributed by atoms with E-state index >= 15 is 0 Å². The summed E-state index contributed by atoms with van der Waals surface area (Å²) >= 11 is 0. The molecule has 40 heavy (non-hydrogen) atoms. The van der Waals surface area contributed by atoms with Crippen LogP contribution in [0.1, 0.15) is 18.2 Å². The first kappa shape index (κ1) is 27.1. The molecule has 0 aliphatic heterocycles. The van der Waals surface area contributed by atoms with E-state index < -0.39 is 46.4 Å². The molecule has 0 unspecified atom stereocenters. The Morgan fingerprint density at radius 3 is 2.38 bits per heavy atom. The van der Waals surface area contributed by atoms with Gasteiger partial charge in [-0.25, -0.2) is 36.3 Å². The predicted molar refractivity (Wildman–Crippen MR) is 131 cm³/mol. The van der Waals surface area contributed by atoms with Gasteiger partial charge in [0.25, 0.3) is 0 Å². The molecule has 1 N–H and O–H groups in total. The number of aliphatic hydroxyl groups is 1. The fraction of sp³-hybridized carbons (Fsp3) is 0.185. The second kappa shape index (κ2) is 10.9. The first-order valence-corrected chi connectivity index (χ1v) is 11.9. The Hall–Kier alpha value is -4.49. The Kier molecular flexibility index (Phi) is 7.41.